The second-order valence-electron chi connectivity index (χ2n) is 8.00. The summed E-state index contributed by atoms with van der Waals surface area (Å²) in [5.74, 6) is 3.08. The number of benzene rings is 1. The minimum absolute atomic E-state index is 0.130. The van der Waals surface area contributed by atoms with Gasteiger partial charge in [0, 0.05) is 25.4 Å². The van der Waals surface area contributed by atoms with E-state index in [0.717, 1.165) is 17.1 Å². The molecule has 10 heteroatoms. The Balaban J connectivity index is 1.89. The van der Waals surface area contributed by atoms with Crippen LogP contribution in [-0.4, -0.2) is 52.9 Å². The number of carbonyl (C=O) groups excluding carboxylic acids is 1. The van der Waals surface area contributed by atoms with Crippen LogP contribution in [0.4, 0.5) is 14.6 Å². The van der Waals surface area contributed by atoms with Crippen molar-refractivity contribution in [2.75, 3.05) is 33.0 Å². The quantitative estimate of drug-likeness (QED) is 0.444. The van der Waals surface area contributed by atoms with Gasteiger partial charge in [-0.05, 0) is 30.4 Å². The van der Waals surface area contributed by atoms with Crippen LogP contribution in [-0.2, 0) is 11.2 Å². The number of halogens is 2. The summed E-state index contributed by atoms with van der Waals surface area (Å²) in [5, 5.41) is 5.17. The zero-order valence-corrected chi connectivity index (χ0v) is 19.7. The summed E-state index contributed by atoms with van der Waals surface area (Å²) in [6.07, 6.45) is 4.29. The van der Waals surface area contributed by atoms with Crippen molar-refractivity contribution < 1.29 is 23.0 Å². The molecule has 1 aliphatic rings. The first kappa shape index (κ1) is 24.0. The first-order valence-corrected chi connectivity index (χ1v) is 11.0. The molecule has 1 saturated heterocycles. The van der Waals surface area contributed by atoms with E-state index in [9.17, 15) is 13.6 Å². The third kappa shape index (κ3) is 4.14. The minimum atomic E-state index is -0.947. The number of methoxy groups -OCH3 is 2. The van der Waals surface area contributed by atoms with Crippen LogP contribution >= 0.6 is 0 Å². The number of likely N-dealkylation sites (tertiary alicyclic amines) is 1. The number of amides is 1. The number of carbonyl (C=O) groups is 1. The Morgan fingerprint density at radius 1 is 1.29 bits per heavy atom. The van der Waals surface area contributed by atoms with E-state index in [1.165, 1.54) is 20.3 Å². The van der Waals surface area contributed by atoms with Crippen molar-refractivity contribution in [2.45, 2.75) is 25.8 Å². The van der Waals surface area contributed by atoms with Crippen molar-refractivity contribution in [3.63, 3.8) is 0 Å². The summed E-state index contributed by atoms with van der Waals surface area (Å²) in [4.78, 5) is 18.1. The maximum atomic E-state index is 14.8. The summed E-state index contributed by atoms with van der Waals surface area (Å²) in [6, 6.07) is 0.987. The molecule has 1 aromatic carbocycles. The molecule has 1 fully saturated rings. The molecule has 35 heavy (non-hydrogen) atoms. The highest BCUT2D eigenvalue weighted by Gasteiger charge is 2.30. The Labute approximate surface area is 201 Å². The fraction of sp³-hybridized carbons (Fsp3) is 0.320. The van der Waals surface area contributed by atoms with Gasteiger partial charge in [-0.25, -0.2) is 13.8 Å². The number of nitrogens with zero attached hydrogens (tertiary/aromatic N) is 4. The fourth-order valence-electron chi connectivity index (χ4n) is 4.26. The van der Waals surface area contributed by atoms with E-state index < -0.39 is 17.2 Å². The highest BCUT2D eigenvalue weighted by Crippen LogP contribution is 2.33. The van der Waals surface area contributed by atoms with Crippen LogP contribution in [0.3, 0.4) is 0 Å². The van der Waals surface area contributed by atoms with E-state index in [4.69, 9.17) is 15.2 Å². The van der Waals surface area contributed by atoms with Crippen LogP contribution in [0.5, 0.6) is 11.5 Å². The monoisotopic (exact) mass is 481 g/mol. The van der Waals surface area contributed by atoms with E-state index in [0.29, 0.717) is 31.3 Å². The molecular formula is C25H25F2N5O3. The van der Waals surface area contributed by atoms with Gasteiger partial charge in [-0.2, -0.15) is 5.10 Å². The molecule has 1 aliphatic heterocycles. The molecule has 0 bridgehead atoms. The number of ether oxygens (including phenoxy) is 2. The molecule has 0 radical (unpaired) electrons. The standard InChI is InChI=1S/C25H25F2N5O3/c1-5-14-12-29-25(28)21-17(8-7-16-22(26)18(34-3)11-19(35-4)23(16)27)30-32(24(14)21)15-9-10-31(13-15)20(33)6-2/h6,11-12,15H,2,5,9-10,13H2,1,3-4H3,(H2,28,29)/t15-/m0/s1. The van der Waals surface area contributed by atoms with Gasteiger partial charge in [-0.3, -0.25) is 9.48 Å². The van der Waals surface area contributed by atoms with Gasteiger partial charge in [0.2, 0.25) is 5.91 Å². The Morgan fingerprint density at radius 3 is 2.57 bits per heavy atom. The number of hydrogen-bond acceptors (Lipinski definition) is 6. The predicted molar refractivity (Wildman–Crippen MR) is 127 cm³/mol. The van der Waals surface area contributed by atoms with Crippen LogP contribution in [0.15, 0.2) is 24.9 Å². The van der Waals surface area contributed by atoms with Gasteiger partial charge in [0.05, 0.1) is 31.2 Å². The number of nitrogen functional groups attached to an aromatic ring is 1. The van der Waals surface area contributed by atoms with Crippen molar-refractivity contribution in [1.29, 1.82) is 0 Å². The lowest BCUT2D eigenvalue weighted by Crippen LogP contribution is -2.27. The summed E-state index contributed by atoms with van der Waals surface area (Å²) >= 11 is 0. The third-order valence-corrected chi connectivity index (χ3v) is 6.09. The largest absolute Gasteiger partial charge is 0.493 e. The minimum Gasteiger partial charge on any atom is -0.493 e. The molecule has 3 heterocycles. The number of rotatable bonds is 5. The molecule has 0 aliphatic carbocycles. The second kappa shape index (κ2) is 9.62. The van der Waals surface area contributed by atoms with Crippen molar-refractivity contribution >= 4 is 22.6 Å². The molecule has 1 atom stereocenters. The molecule has 2 N–H and O–H groups in total. The Bertz CT molecular complexity index is 1360. The van der Waals surface area contributed by atoms with Crippen molar-refractivity contribution in [3.05, 3.63) is 53.4 Å². The maximum absolute atomic E-state index is 14.8. The summed E-state index contributed by atoms with van der Waals surface area (Å²) in [6.45, 7) is 6.53. The predicted octanol–water partition coefficient (Wildman–Crippen LogP) is 3.23. The zero-order chi connectivity index (χ0) is 25.3. The lowest BCUT2D eigenvalue weighted by molar-refractivity contribution is -0.125. The normalized spacial score (nSPS) is 15.1. The molecule has 0 saturated carbocycles. The van der Waals surface area contributed by atoms with Gasteiger partial charge in [0.15, 0.2) is 23.1 Å². The average molecular weight is 482 g/mol. The number of aromatic nitrogens is 3. The molecule has 2 aromatic heterocycles. The Kier molecular flexibility index (Phi) is 6.60. The second-order valence-corrected chi connectivity index (χ2v) is 8.00. The molecule has 1 amide bonds. The van der Waals surface area contributed by atoms with E-state index in [1.807, 2.05) is 6.92 Å². The molecular weight excluding hydrogens is 456 g/mol. The van der Waals surface area contributed by atoms with Gasteiger partial charge in [0.25, 0.3) is 0 Å². The average Bonchev–Trinajstić information content (AvgIpc) is 3.50. The fourth-order valence-corrected chi connectivity index (χ4v) is 4.26. The van der Waals surface area contributed by atoms with E-state index in [1.54, 1.807) is 15.8 Å². The van der Waals surface area contributed by atoms with Crippen LogP contribution < -0.4 is 15.2 Å². The summed E-state index contributed by atoms with van der Waals surface area (Å²) in [5.41, 5.74) is 7.57. The lowest BCUT2D eigenvalue weighted by atomic mass is 10.1. The van der Waals surface area contributed by atoms with Gasteiger partial charge in [0.1, 0.15) is 17.1 Å². The van der Waals surface area contributed by atoms with Gasteiger partial charge in [-0.1, -0.05) is 19.4 Å². The van der Waals surface area contributed by atoms with Crippen molar-refractivity contribution in [1.82, 2.24) is 19.7 Å². The topological polar surface area (TPSA) is 95.5 Å². The number of anilines is 1. The van der Waals surface area contributed by atoms with Crippen LogP contribution in [0, 0.1) is 23.5 Å². The van der Waals surface area contributed by atoms with Crippen molar-refractivity contribution in [2.24, 2.45) is 0 Å². The molecule has 3 aromatic rings. The Morgan fingerprint density at radius 2 is 1.97 bits per heavy atom. The Hall–Kier alpha value is -4.13. The van der Waals surface area contributed by atoms with E-state index >= 15 is 0 Å². The highest BCUT2D eigenvalue weighted by atomic mass is 19.1. The van der Waals surface area contributed by atoms with Crippen LogP contribution in [0.2, 0.25) is 0 Å². The van der Waals surface area contributed by atoms with Crippen LogP contribution in [0.1, 0.15) is 36.2 Å². The highest BCUT2D eigenvalue weighted by molar-refractivity contribution is 5.95. The van der Waals surface area contributed by atoms with Gasteiger partial charge in [-0.15, -0.1) is 0 Å². The summed E-state index contributed by atoms with van der Waals surface area (Å²) in [7, 11) is 2.53. The number of fused-ring (bicyclic) bond motifs is 1. The number of hydrogen-bond donors (Lipinski definition) is 1. The van der Waals surface area contributed by atoms with Crippen LogP contribution in [0.25, 0.3) is 10.9 Å². The van der Waals surface area contributed by atoms with Crippen molar-refractivity contribution in [3.8, 4) is 23.3 Å². The molecule has 4 rings (SSSR count). The van der Waals surface area contributed by atoms with Gasteiger partial charge >= 0.3 is 0 Å². The maximum Gasteiger partial charge on any atom is 0.246 e. The number of aryl methyl sites for hydroxylation is 1. The third-order valence-electron chi connectivity index (χ3n) is 6.09. The molecule has 8 nitrogen and oxygen atoms in total. The first-order chi connectivity index (χ1) is 16.8. The number of pyridine rings is 1. The van der Waals surface area contributed by atoms with E-state index in [2.05, 4.69) is 28.5 Å². The number of nitrogens with two attached hydrogens (primary N) is 1. The van der Waals surface area contributed by atoms with Gasteiger partial charge < -0.3 is 20.1 Å². The molecule has 0 unspecified atom stereocenters. The zero-order valence-electron chi connectivity index (χ0n) is 19.7. The SMILES string of the molecule is C=CC(=O)N1CC[C@H](n2nc(C#Cc3c(F)c(OC)cc(OC)c3F)c3c(N)ncc(CC)c32)C1. The first-order valence-electron chi connectivity index (χ1n) is 11.0. The van der Waals surface area contributed by atoms with E-state index in [-0.39, 0.29) is 35.0 Å². The summed E-state index contributed by atoms with van der Waals surface area (Å²) < 4.78 is 41.4. The smallest absolute Gasteiger partial charge is 0.246 e. The molecule has 182 valence electrons. The molecule has 0 spiro atoms. The lowest BCUT2D eigenvalue weighted by Gasteiger charge is -2.16.